The number of piperazine rings is 1. The molecular formula is C21H26FN7O3. The third kappa shape index (κ3) is 4.56. The summed E-state index contributed by atoms with van der Waals surface area (Å²) in [6, 6.07) is 3.01. The van der Waals surface area contributed by atoms with Gasteiger partial charge in [-0.05, 0) is 39.7 Å². The molecule has 170 valence electrons. The Balaban J connectivity index is 1.46. The molecule has 0 spiro atoms. The van der Waals surface area contributed by atoms with Gasteiger partial charge in [-0.2, -0.15) is 4.98 Å². The van der Waals surface area contributed by atoms with Gasteiger partial charge in [0.25, 0.3) is 5.91 Å². The molecule has 2 aliphatic heterocycles. The summed E-state index contributed by atoms with van der Waals surface area (Å²) in [5, 5.41) is 2.89. The molecule has 2 saturated heterocycles. The number of halogens is 1. The Morgan fingerprint density at radius 3 is 2.50 bits per heavy atom. The normalized spacial score (nSPS) is 20.2. The summed E-state index contributed by atoms with van der Waals surface area (Å²) in [4.78, 5) is 40.2. The van der Waals surface area contributed by atoms with Crippen molar-refractivity contribution in [2.24, 2.45) is 5.73 Å². The monoisotopic (exact) mass is 443 g/mol. The molecule has 2 aromatic heterocycles. The molecule has 2 amide bonds. The van der Waals surface area contributed by atoms with Crippen LogP contribution in [0.4, 0.5) is 26.6 Å². The van der Waals surface area contributed by atoms with Crippen LogP contribution in [0.2, 0.25) is 0 Å². The number of primary amides is 1. The first-order valence-electron chi connectivity index (χ1n) is 10.4. The summed E-state index contributed by atoms with van der Waals surface area (Å²) in [6.07, 6.45) is 4.44. The lowest BCUT2D eigenvalue weighted by atomic mass is 10.2. The topological polar surface area (TPSA) is 127 Å². The van der Waals surface area contributed by atoms with Crippen LogP contribution in [0.25, 0.3) is 0 Å². The first-order chi connectivity index (χ1) is 15.1. The maximum atomic E-state index is 14.0. The minimum Gasteiger partial charge on any atom is -0.444 e. The lowest BCUT2D eigenvalue weighted by Gasteiger charge is -2.41. The number of nitrogens with zero attached hydrogens (tertiary/aromatic N) is 5. The van der Waals surface area contributed by atoms with E-state index in [9.17, 15) is 14.0 Å². The van der Waals surface area contributed by atoms with Crippen molar-refractivity contribution >= 4 is 29.5 Å². The molecule has 10 nitrogen and oxygen atoms in total. The minimum absolute atomic E-state index is 0.0506. The molecule has 11 heteroatoms. The molecule has 0 saturated carbocycles. The van der Waals surface area contributed by atoms with Crippen molar-refractivity contribution in [3.63, 3.8) is 0 Å². The highest BCUT2D eigenvalue weighted by atomic mass is 19.1. The van der Waals surface area contributed by atoms with Crippen molar-refractivity contribution < 1.29 is 18.7 Å². The van der Waals surface area contributed by atoms with Crippen LogP contribution in [0.5, 0.6) is 0 Å². The van der Waals surface area contributed by atoms with Crippen LogP contribution in [0.1, 0.15) is 44.1 Å². The molecule has 3 N–H and O–H groups in total. The minimum atomic E-state index is -0.938. The second-order valence-corrected chi connectivity index (χ2v) is 8.96. The number of nitrogens with one attached hydrogen (secondary N) is 1. The molecule has 2 aromatic rings. The molecule has 2 bridgehead atoms. The van der Waals surface area contributed by atoms with E-state index < -0.39 is 23.0 Å². The molecule has 2 unspecified atom stereocenters. The Hall–Kier alpha value is -3.50. The molecule has 2 atom stereocenters. The zero-order valence-electron chi connectivity index (χ0n) is 18.2. The standard InChI is InChI=1S/C21H26FN7O3/c1-21(2,3)32-20(31)29-13-4-5-14(29)11-28(10-13)16-6-7-24-19(27-16)26-12-8-15(22)17(18(23)30)25-9-12/h6-9,13-14H,4-5,10-11H2,1-3H3,(H2,23,30)(H,24,26,27). The van der Waals surface area contributed by atoms with Gasteiger partial charge in [-0.3, -0.25) is 9.69 Å². The molecule has 4 rings (SSSR count). The Labute approximate surface area is 185 Å². The maximum absolute atomic E-state index is 14.0. The summed E-state index contributed by atoms with van der Waals surface area (Å²) in [5.41, 5.74) is 4.41. The number of carbonyl (C=O) groups excluding carboxylic acids is 2. The van der Waals surface area contributed by atoms with E-state index in [1.807, 2.05) is 25.7 Å². The fourth-order valence-corrected chi connectivity index (χ4v) is 4.10. The van der Waals surface area contributed by atoms with Crippen LogP contribution in [0.3, 0.4) is 0 Å². The van der Waals surface area contributed by atoms with Crippen LogP contribution in [0.15, 0.2) is 24.5 Å². The number of nitrogens with two attached hydrogens (primary N) is 1. The average molecular weight is 443 g/mol. The van der Waals surface area contributed by atoms with E-state index in [0.29, 0.717) is 24.6 Å². The van der Waals surface area contributed by atoms with Gasteiger partial charge in [0.05, 0.1) is 24.0 Å². The number of ether oxygens (including phenoxy) is 1. The van der Waals surface area contributed by atoms with Crippen LogP contribution in [0, 0.1) is 5.82 Å². The third-order valence-electron chi connectivity index (χ3n) is 5.38. The van der Waals surface area contributed by atoms with Crippen LogP contribution in [-0.4, -0.2) is 62.6 Å². The predicted molar refractivity (Wildman–Crippen MR) is 115 cm³/mol. The summed E-state index contributed by atoms with van der Waals surface area (Å²) in [7, 11) is 0. The van der Waals surface area contributed by atoms with E-state index in [-0.39, 0.29) is 24.1 Å². The van der Waals surface area contributed by atoms with Crippen LogP contribution in [-0.2, 0) is 4.74 Å². The van der Waals surface area contributed by atoms with E-state index in [0.717, 1.165) is 18.9 Å². The van der Waals surface area contributed by atoms with Gasteiger partial charge in [0, 0.05) is 25.4 Å². The number of hydrogen-bond donors (Lipinski definition) is 2. The molecule has 0 aliphatic carbocycles. The first kappa shape index (κ1) is 21.7. The molecule has 32 heavy (non-hydrogen) atoms. The second-order valence-electron chi connectivity index (χ2n) is 8.96. The highest BCUT2D eigenvalue weighted by Gasteiger charge is 2.44. The SMILES string of the molecule is CC(C)(C)OC(=O)N1C2CCC1CN(c1ccnc(Nc3cnc(C(N)=O)c(F)c3)n1)C2. The van der Waals surface area contributed by atoms with Crippen molar-refractivity contribution in [2.45, 2.75) is 51.3 Å². The summed E-state index contributed by atoms with van der Waals surface area (Å²) in [6.45, 7) is 6.86. The number of amides is 2. The van der Waals surface area contributed by atoms with Crippen molar-refractivity contribution in [1.82, 2.24) is 19.9 Å². The number of hydrogen-bond acceptors (Lipinski definition) is 8. The number of pyridine rings is 1. The molecule has 0 aromatic carbocycles. The summed E-state index contributed by atoms with van der Waals surface area (Å²) in [5.74, 6) is -0.802. The third-order valence-corrected chi connectivity index (χ3v) is 5.38. The zero-order chi connectivity index (χ0) is 23.0. The van der Waals surface area contributed by atoms with Gasteiger partial charge in [0.1, 0.15) is 11.4 Å². The summed E-state index contributed by atoms with van der Waals surface area (Å²) >= 11 is 0. The first-order valence-corrected chi connectivity index (χ1v) is 10.4. The van der Waals surface area contributed by atoms with E-state index in [4.69, 9.17) is 10.5 Å². The van der Waals surface area contributed by atoms with Gasteiger partial charge in [-0.25, -0.2) is 19.2 Å². The van der Waals surface area contributed by atoms with E-state index in [1.54, 1.807) is 12.3 Å². The Morgan fingerprint density at radius 2 is 1.91 bits per heavy atom. The fraction of sp³-hybridized carbons (Fsp3) is 0.476. The lowest BCUT2D eigenvalue weighted by Crippen LogP contribution is -2.57. The average Bonchev–Trinajstić information content (AvgIpc) is 2.97. The van der Waals surface area contributed by atoms with Crippen molar-refractivity contribution in [3.8, 4) is 0 Å². The largest absolute Gasteiger partial charge is 0.444 e. The number of aromatic nitrogens is 3. The van der Waals surface area contributed by atoms with E-state index >= 15 is 0 Å². The highest BCUT2D eigenvalue weighted by Crippen LogP contribution is 2.33. The zero-order valence-corrected chi connectivity index (χ0v) is 18.2. The van der Waals surface area contributed by atoms with Crippen molar-refractivity contribution in [1.29, 1.82) is 0 Å². The molecule has 2 fully saturated rings. The Bertz CT molecular complexity index is 1030. The number of rotatable bonds is 4. The molecular weight excluding hydrogens is 417 g/mol. The number of anilines is 3. The summed E-state index contributed by atoms with van der Waals surface area (Å²) < 4.78 is 19.6. The molecule has 4 heterocycles. The number of fused-ring (bicyclic) bond motifs is 2. The van der Waals surface area contributed by atoms with Crippen molar-refractivity contribution in [3.05, 3.63) is 36.0 Å². The second kappa shape index (κ2) is 8.21. The molecule has 0 radical (unpaired) electrons. The van der Waals surface area contributed by atoms with Gasteiger partial charge in [-0.15, -0.1) is 0 Å². The highest BCUT2D eigenvalue weighted by molar-refractivity contribution is 5.91. The predicted octanol–water partition coefficient (Wildman–Crippen LogP) is 2.44. The van der Waals surface area contributed by atoms with Gasteiger partial charge in [-0.1, -0.05) is 0 Å². The molecule has 2 aliphatic rings. The fourth-order valence-electron chi connectivity index (χ4n) is 4.10. The maximum Gasteiger partial charge on any atom is 0.410 e. The van der Waals surface area contributed by atoms with Crippen LogP contribution >= 0.6 is 0 Å². The van der Waals surface area contributed by atoms with E-state index in [2.05, 4.69) is 25.2 Å². The van der Waals surface area contributed by atoms with Gasteiger partial charge < -0.3 is 20.7 Å². The Kier molecular flexibility index (Phi) is 5.57. The van der Waals surface area contributed by atoms with E-state index in [1.165, 1.54) is 6.20 Å². The number of carbonyl (C=O) groups is 2. The lowest BCUT2D eigenvalue weighted by molar-refractivity contribution is 0.0122. The van der Waals surface area contributed by atoms with Crippen molar-refractivity contribution in [2.75, 3.05) is 23.3 Å². The van der Waals surface area contributed by atoms with Gasteiger partial charge in [0.2, 0.25) is 5.95 Å². The Morgan fingerprint density at radius 1 is 1.22 bits per heavy atom. The smallest absolute Gasteiger partial charge is 0.410 e. The van der Waals surface area contributed by atoms with Gasteiger partial charge in [0.15, 0.2) is 11.5 Å². The van der Waals surface area contributed by atoms with Crippen LogP contribution < -0.4 is 16.0 Å². The van der Waals surface area contributed by atoms with Gasteiger partial charge >= 0.3 is 6.09 Å². The quantitative estimate of drug-likeness (QED) is 0.738.